The highest BCUT2D eigenvalue weighted by molar-refractivity contribution is 5.88. The quantitative estimate of drug-likeness (QED) is 0.874. The number of aromatic amines is 1. The van der Waals surface area contributed by atoms with Gasteiger partial charge in [-0.25, -0.2) is 0 Å². The molecule has 1 unspecified atom stereocenters. The number of aromatic nitrogens is 1. The molecule has 1 aliphatic heterocycles. The summed E-state index contributed by atoms with van der Waals surface area (Å²) in [4.78, 5) is 6.23. The Balaban J connectivity index is 1.82. The second-order valence-electron chi connectivity index (χ2n) is 6.80. The van der Waals surface area contributed by atoms with Crippen LogP contribution in [0.4, 0.5) is 0 Å². The zero-order chi connectivity index (χ0) is 13.7. The maximum Gasteiger partial charge on any atom is 0.0459 e. The summed E-state index contributed by atoms with van der Waals surface area (Å²) in [7, 11) is 0. The minimum atomic E-state index is 0.722. The Hall–Kier alpha value is -1.28. The zero-order valence-corrected chi connectivity index (χ0v) is 12.5. The third-order valence-electron chi connectivity index (χ3n) is 5.30. The molecule has 1 aromatic heterocycles. The van der Waals surface area contributed by atoms with Gasteiger partial charge >= 0.3 is 0 Å². The van der Waals surface area contributed by atoms with Gasteiger partial charge in [0.1, 0.15) is 0 Å². The van der Waals surface area contributed by atoms with Crippen LogP contribution in [0.15, 0.2) is 24.4 Å². The first kappa shape index (κ1) is 12.5. The molecular formula is C18H24N2. The molecular weight excluding hydrogens is 244 g/mol. The lowest BCUT2D eigenvalue weighted by Gasteiger charge is -2.46. The van der Waals surface area contributed by atoms with Crippen molar-refractivity contribution in [1.82, 2.24) is 9.88 Å². The van der Waals surface area contributed by atoms with Crippen molar-refractivity contribution in [3.63, 3.8) is 0 Å². The van der Waals surface area contributed by atoms with Gasteiger partial charge in [-0.15, -0.1) is 0 Å². The first-order valence-electron chi connectivity index (χ1n) is 8.11. The Morgan fingerprint density at radius 2 is 2.25 bits per heavy atom. The number of benzene rings is 1. The maximum atomic E-state index is 3.47. The van der Waals surface area contributed by atoms with Crippen LogP contribution < -0.4 is 0 Å². The molecule has 1 aliphatic carbocycles. The topological polar surface area (TPSA) is 19.0 Å². The summed E-state index contributed by atoms with van der Waals surface area (Å²) >= 11 is 0. The van der Waals surface area contributed by atoms with Gasteiger partial charge in [-0.1, -0.05) is 26.0 Å². The van der Waals surface area contributed by atoms with E-state index in [4.69, 9.17) is 0 Å². The number of likely N-dealkylation sites (tertiary alicyclic amines) is 1. The van der Waals surface area contributed by atoms with E-state index in [1.54, 1.807) is 5.56 Å². The van der Waals surface area contributed by atoms with Gasteiger partial charge in [0.2, 0.25) is 0 Å². The fraction of sp³-hybridized carbons (Fsp3) is 0.556. The molecule has 1 aromatic carbocycles. The molecule has 1 N–H and O–H groups in total. The van der Waals surface area contributed by atoms with Crippen molar-refractivity contribution < 1.29 is 0 Å². The van der Waals surface area contributed by atoms with E-state index in [2.05, 4.69) is 48.1 Å². The minimum absolute atomic E-state index is 0.722. The summed E-state index contributed by atoms with van der Waals surface area (Å²) in [5, 5.41) is 1.53. The molecule has 106 valence electrons. The van der Waals surface area contributed by atoms with Crippen LogP contribution in [0.3, 0.4) is 0 Å². The standard InChI is InChI=1S/C18H24N2/c1-3-7-20-11-12(2)8-15-14-5-4-6-16-18(14)13(10-19-16)9-17(15)20/h4-6,10,12,15,17,19H,3,7-9,11H2,1-2H3/t12-,15?,17-/m1/s1. The Morgan fingerprint density at radius 3 is 3.10 bits per heavy atom. The van der Waals surface area contributed by atoms with Crippen molar-refractivity contribution in [2.45, 2.75) is 45.1 Å². The Morgan fingerprint density at radius 1 is 1.35 bits per heavy atom. The zero-order valence-electron chi connectivity index (χ0n) is 12.5. The van der Waals surface area contributed by atoms with Crippen LogP contribution in [0.25, 0.3) is 10.9 Å². The van der Waals surface area contributed by atoms with Gasteiger partial charge in [0.05, 0.1) is 0 Å². The van der Waals surface area contributed by atoms with Crippen molar-refractivity contribution in [2.75, 3.05) is 13.1 Å². The second kappa shape index (κ2) is 4.63. The fourth-order valence-corrected chi connectivity index (χ4v) is 4.59. The highest BCUT2D eigenvalue weighted by Crippen LogP contribution is 2.44. The summed E-state index contributed by atoms with van der Waals surface area (Å²) in [5.74, 6) is 1.55. The molecule has 0 amide bonds. The van der Waals surface area contributed by atoms with Crippen LogP contribution >= 0.6 is 0 Å². The Labute approximate surface area is 121 Å². The molecule has 0 radical (unpaired) electrons. The van der Waals surface area contributed by atoms with E-state index in [0.717, 1.165) is 17.9 Å². The second-order valence-corrected chi connectivity index (χ2v) is 6.80. The third kappa shape index (κ3) is 1.74. The van der Waals surface area contributed by atoms with Gasteiger partial charge in [-0.3, -0.25) is 4.90 Å². The van der Waals surface area contributed by atoms with E-state index >= 15 is 0 Å². The Kier molecular flexibility index (Phi) is 2.88. The first-order valence-corrected chi connectivity index (χ1v) is 8.11. The number of hydrogen-bond donors (Lipinski definition) is 1. The van der Waals surface area contributed by atoms with Crippen LogP contribution in [-0.2, 0) is 6.42 Å². The van der Waals surface area contributed by atoms with Gasteiger partial charge in [0.25, 0.3) is 0 Å². The van der Waals surface area contributed by atoms with Gasteiger partial charge in [0, 0.05) is 35.6 Å². The summed E-state index contributed by atoms with van der Waals surface area (Å²) in [5.41, 5.74) is 4.46. The van der Waals surface area contributed by atoms with Gasteiger partial charge in [-0.05, 0) is 48.9 Å². The van der Waals surface area contributed by atoms with Crippen molar-refractivity contribution >= 4 is 10.9 Å². The maximum absolute atomic E-state index is 3.47. The lowest BCUT2D eigenvalue weighted by Crippen LogP contribution is -2.49. The smallest absolute Gasteiger partial charge is 0.0459 e. The highest BCUT2D eigenvalue weighted by Gasteiger charge is 2.39. The molecule has 0 spiro atoms. The highest BCUT2D eigenvalue weighted by atomic mass is 15.2. The van der Waals surface area contributed by atoms with Crippen LogP contribution in [0.5, 0.6) is 0 Å². The molecule has 2 heteroatoms. The molecule has 2 aromatic rings. The predicted molar refractivity (Wildman–Crippen MR) is 84.2 cm³/mol. The van der Waals surface area contributed by atoms with Crippen LogP contribution in [-0.4, -0.2) is 29.0 Å². The SMILES string of the molecule is CCCN1C[C@H](C)CC2c3cccc4[nH]cc(c34)C[C@H]21. The Bertz CT molecular complexity index is 627. The lowest BCUT2D eigenvalue weighted by atomic mass is 9.72. The van der Waals surface area contributed by atoms with Crippen molar-refractivity contribution in [3.05, 3.63) is 35.5 Å². The van der Waals surface area contributed by atoms with E-state index in [1.165, 1.54) is 48.8 Å². The number of nitrogens with zero attached hydrogens (tertiary/aromatic N) is 1. The molecule has 2 nitrogen and oxygen atoms in total. The average molecular weight is 268 g/mol. The third-order valence-corrected chi connectivity index (χ3v) is 5.30. The summed E-state index contributed by atoms with van der Waals surface area (Å²) in [6.45, 7) is 7.26. The molecule has 3 atom stereocenters. The number of fused-ring (bicyclic) bond motifs is 2. The van der Waals surface area contributed by atoms with Gasteiger partial charge < -0.3 is 4.98 Å². The summed E-state index contributed by atoms with van der Waals surface area (Å²) in [6, 6.07) is 7.54. The van der Waals surface area contributed by atoms with Crippen molar-refractivity contribution in [2.24, 2.45) is 5.92 Å². The fourth-order valence-electron chi connectivity index (χ4n) is 4.59. The first-order chi connectivity index (χ1) is 9.78. The van der Waals surface area contributed by atoms with Crippen LogP contribution in [0, 0.1) is 5.92 Å². The summed E-state index contributed by atoms with van der Waals surface area (Å²) < 4.78 is 0. The molecule has 1 saturated heterocycles. The molecule has 20 heavy (non-hydrogen) atoms. The average Bonchev–Trinajstić information content (AvgIpc) is 2.85. The summed E-state index contributed by atoms with van der Waals surface area (Å²) in [6.07, 6.45) is 6.09. The van der Waals surface area contributed by atoms with Crippen LogP contribution in [0.1, 0.15) is 43.7 Å². The monoisotopic (exact) mass is 268 g/mol. The normalized spacial score (nSPS) is 29.6. The van der Waals surface area contributed by atoms with Crippen molar-refractivity contribution in [1.29, 1.82) is 0 Å². The van der Waals surface area contributed by atoms with Gasteiger partial charge in [-0.2, -0.15) is 0 Å². The van der Waals surface area contributed by atoms with E-state index < -0.39 is 0 Å². The minimum Gasteiger partial charge on any atom is -0.361 e. The van der Waals surface area contributed by atoms with Gasteiger partial charge in [0.15, 0.2) is 0 Å². The number of nitrogens with one attached hydrogen (secondary N) is 1. The molecule has 4 rings (SSSR count). The van der Waals surface area contributed by atoms with Crippen molar-refractivity contribution in [3.8, 4) is 0 Å². The van der Waals surface area contributed by atoms with E-state index in [0.29, 0.717) is 0 Å². The molecule has 1 fully saturated rings. The number of H-pyrrole nitrogens is 1. The molecule has 2 heterocycles. The van der Waals surface area contributed by atoms with E-state index in [-0.39, 0.29) is 0 Å². The van der Waals surface area contributed by atoms with E-state index in [9.17, 15) is 0 Å². The predicted octanol–water partition coefficient (Wildman–Crippen LogP) is 3.93. The van der Waals surface area contributed by atoms with Crippen LogP contribution in [0.2, 0.25) is 0 Å². The van der Waals surface area contributed by atoms with E-state index in [1.807, 2.05) is 0 Å². The number of rotatable bonds is 2. The molecule has 0 bridgehead atoms. The lowest BCUT2D eigenvalue weighted by molar-refractivity contribution is 0.0911. The largest absolute Gasteiger partial charge is 0.361 e. The number of hydrogen-bond acceptors (Lipinski definition) is 1. The molecule has 2 aliphatic rings. The molecule has 0 saturated carbocycles. The number of piperidine rings is 1.